The fourth-order valence-corrected chi connectivity index (χ4v) is 4.94. The standard InChI is InChI=1S/C23H21N3O5S2/c27-19(28)7-2-1-3-10-26-22(31)18(33-23(26)32)12-14-5-4-6-16(24-14)13-8-9-17-15(11-13)20(29)21(30)25-17/h4-6,8-9,11-12,20,29H,1-3,7,10H2,(H,25,30)(H,27,28). The van der Waals surface area contributed by atoms with Crippen LogP contribution in [-0.2, 0) is 14.4 Å². The number of carbonyl (C=O) groups is 3. The lowest BCUT2D eigenvalue weighted by Crippen LogP contribution is -2.29. The first-order valence-corrected chi connectivity index (χ1v) is 11.6. The van der Waals surface area contributed by atoms with Crippen molar-refractivity contribution in [2.45, 2.75) is 31.8 Å². The van der Waals surface area contributed by atoms with Gasteiger partial charge >= 0.3 is 5.97 Å². The number of hydrogen-bond donors (Lipinski definition) is 3. The van der Waals surface area contributed by atoms with Gasteiger partial charge in [0.1, 0.15) is 4.32 Å². The molecule has 1 atom stereocenters. The van der Waals surface area contributed by atoms with Gasteiger partial charge in [0.05, 0.1) is 16.3 Å². The van der Waals surface area contributed by atoms with Crippen LogP contribution in [0.15, 0.2) is 41.3 Å². The number of unbranched alkanes of at least 4 members (excludes halogenated alkanes) is 2. The van der Waals surface area contributed by atoms with Gasteiger partial charge in [-0.2, -0.15) is 0 Å². The number of aliphatic hydroxyl groups excluding tert-OH is 1. The Morgan fingerprint density at radius 2 is 2.03 bits per heavy atom. The number of aliphatic carboxylic acids is 1. The Hall–Kier alpha value is -3.08. The lowest BCUT2D eigenvalue weighted by atomic mass is 10.0. The molecule has 10 heteroatoms. The van der Waals surface area contributed by atoms with Gasteiger partial charge in [-0.1, -0.05) is 42.5 Å². The summed E-state index contributed by atoms with van der Waals surface area (Å²) in [5.41, 5.74) is 3.07. The van der Waals surface area contributed by atoms with Crippen molar-refractivity contribution in [3.05, 3.63) is 52.6 Å². The molecule has 0 saturated carbocycles. The Labute approximate surface area is 199 Å². The van der Waals surface area contributed by atoms with E-state index in [2.05, 4.69) is 10.3 Å². The number of hydrogen-bond acceptors (Lipinski definition) is 7. The number of aromatic nitrogens is 1. The molecule has 1 unspecified atom stereocenters. The Kier molecular flexibility index (Phi) is 6.87. The number of anilines is 1. The SMILES string of the molecule is O=C(O)CCCCCN1C(=O)C(=Cc2cccc(-c3ccc4c(c3)C(O)C(=O)N4)n2)SC1=S. The minimum absolute atomic E-state index is 0.121. The Bertz CT molecular complexity index is 1180. The minimum atomic E-state index is -1.20. The summed E-state index contributed by atoms with van der Waals surface area (Å²) in [6.45, 7) is 0.458. The molecule has 2 aliphatic heterocycles. The number of aliphatic hydroxyl groups is 1. The third-order valence-electron chi connectivity index (χ3n) is 5.34. The van der Waals surface area contributed by atoms with Gasteiger partial charge in [0.15, 0.2) is 6.10 Å². The molecule has 170 valence electrons. The number of rotatable bonds is 8. The van der Waals surface area contributed by atoms with Crippen molar-refractivity contribution < 1.29 is 24.6 Å². The average molecular weight is 484 g/mol. The van der Waals surface area contributed by atoms with Crippen molar-refractivity contribution in [1.29, 1.82) is 0 Å². The molecule has 3 N–H and O–H groups in total. The number of pyridine rings is 1. The molecule has 1 aromatic carbocycles. The minimum Gasteiger partial charge on any atom is -0.481 e. The average Bonchev–Trinajstić information content (AvgIpc) is 3.22. The van der Waals surface area contributed by atoms with Gasteiger partial charge in [0.2, 0.25) is 0 Å². The second-order valence-electron chi connectivity index (χ2n) is 7.68. The number of carbonyl (C=O) groups excluding carboxylic acids is 2. The lowest BCUT2D eigenvalue weighted by molar-refractivity contribution is -0.137. The number of thiocarbonyl (C=S) groups is 1. The van der Waals surface area contributed by atoms with Crippen LogP contribution in [0.4, 0.5) is 5.69 Å². The Balaban J connectivity index is 1.46. The first-order valence-electron chi connectivity index (χ1n) is 10.4. The molecule has 0 bridgehead atoms. The van der Waals surface area contributed by atoms with E-state index in [1.807, 2.05) is 18.2 Å². The fourth-order valence-electron chi connectivity index (χ4n) is 3.65. The zero-order valence-corrected chi connectivity index (χ0v) is 19.1. The summed E-state index contributed by atoms with van der Waals surface area (Å²) in [7, 11) is 0. The van der Waals surface area contributed by atoms with Crippen LogP contribution in [-0.4, -0.2) is 48.7 Å². The molecule has 1 fully saturated rings. The number of thioether (sulfide) groups is 1. The highest BCUT2D eigenvalue weighted by Gasteiger charge is 2.32. The van der Waals surface area contributed by atoms with Crippen LogP contribution in [0.2, 0.25) is 0 Å². The van der Waals surface area contributed by atoms with Crippen LogP contribution < -0.4 is 5.32 Å². The number of amides is 2. The third kappa shape index (κ3) is 5.13. The maximum Gasteiger partial charge on any atom is 0.303 e. The molecule has 2 amide bonds. The van der Waals surface area contributed by atoms with Gasteiger partial charge in [-0.25, -0.2) is 4.98 Å². The Morgan fingerprint density at radius 3 is 2.82 bits per heavy atom. The van der Waals surface area contributed by atoms with Crippen LogP contribution in [0.3, 0.4) is 0 Å². The van der Waals surface area contributed by atoms with E-state index in [4.69, 9.17) is 17.3 Å². The van der Waals surface area contributed by atoms with Crippen molar-refractivity contribution in [2.24, 2.45) is 0 Å². The van der Waals surface area contributed by atoms with E-state index in [0.29, 0.717) is 57.7 Å². The quantitative estimate of drug-likeness (QED) is 0.296. The molecule has 8 nitrogen and oxygen atoms in total. The highest BCUT2D eigenvalue weighted by molar-refractivity contribution is 8.26. The molecule has 0 radical (unpaired) electrons. The normalized spacial score (nSPS) is 18.7. The number of benzene rings is 1. The molecule has 1 aromatic heterocycles. The van der Waals surface area contributed by atoms with Crippen molar-refractivity contribution >= 4 is 57.8 Å². The summed E-state index contributed by atoms with van der Waals surface area (Å²) in [6, 6.07) is 10.7. The summed E-state index contributed by atoms with van der Waals surface area (Å²) >= 11 is 6.57. The van der Waals surface area contributed by atoms with Gasteiger partial charge in [0, 0.05) is 29.8 Å². The van der Waals surface area contributed by atoms with Gasteiger partial charge < -0.3 is 15.5 Å². The van der Waals surface area contributed by atoms with Gasteiger partial charge in [0.25, 0.3) is 11.8 Å². The lowest BCUT2D eigenvalue weighted by Gasteiger charge is -2.13. The number of fused-ring (bicyclic) bond motifs is 1. The highest BCUT2D eigenvalue weighted by Crippen LogP contribution is 2.35. The zero-order valence-electron chi connectivity index (χ0n) is 17.5. The molecule has 0 aliphatic carbocycles. The van der Waals surface area contributed by atoms with Gasteiger partial charge in [-0.3, -0.25) is 19.3 Å². The number of nitrogens with zero attached hydrogens (tertiary/aromatic N) is 2. The monoisotopic (exact) mass is 483 g/mol. The second-order valence-corrected chi connectivity index (χ2v) is 9.36. The van der Waals surface area contributed by atoms with Crippen LogP contribution in [0.25, 0.3) is 17.3 Å². The summed E-state index contributed by atoms with van der Waals surface area (Å²) in [4.78, 5) is 41.7. The molecule has 4 rings (SSSR count). The number of nitrogens with one attached hydrogen (secondary N) is 1. The topological polar surface area (TPSA) is 120 Å². The maximum atomic E-state index is 12.8. The maximum absolute atomic E-state index is 12.8. The van der Waals surface area contributed by atoms with Crippen LogP contribution >= 0.6 is 24.0 Å². The molecule has 33 heavy (non-hydrogen) atoms. The summed E-state index contributed by atoms with van der Waals surface area (Å²) < 4.78 is 0.477. The van der Waals surface area contributed by atoms with E-state index in [1.165, 1.54) is 11.8 Å². The van der Waals surface area contributed by atoms with E-state index in [0.717, 1.165) is 5.56 Å². The Morgan fingerprint density at radius 1 is 1.21 bits per heavy atom. The fraction of sp³-hybridized carbons (Fsp3) is 0.261. The third-order valence-corrected chi connectivity index (χ3v) is 6.72. The summed E-state index contributed by atoms with van der Waals surface area (Å²) in [5, 5.41) is 21.4. The van der Waals surface area contributed by atoms with E-state index in [1.54, 1.807) is 29.2 Å². The summed E-state index contributed by atoms with van der Waals surface area (Å²) in [6.07, 6.45) is 2.58. The largest absolute Gasteiger partial charge is 0.481 e. The number of carboxylic acid groups (broad SMARTS) is 1. The van der Waals surface area contributed by atoms with Crippen molar-refractivity contribution in [2.75, 3.05) is 11.9 Å². The molecule has 0 spiro atoms. The molecule has 1 saturated heterocycles. The predicted octanol–water partition coefficient (Wildman–Crippen LogP) is 3.58. The number of carboxylic acids is 1. The predicted molar refractivity (Wildman–Crippen MR) is 129 cm³/mol. The van der Waals surface area contributed by atoms with Crippen molar-refractivity contribution in [1.82, 2.24) is 9.88 Å². The highest BCUT2D eigenvalue weighted by atomic mass is 32.2. The van der Waals surface area contributed by atoms with Crippen molar-refractivity contribution in [3.8, 4) is 11.3 Å². The first-order chi connectivity index (χ1) is 15.8. The van der Waals surface area contributed by atoms with Gasteiger partial charge in [-0.05, 0) is 43.2 Å². The van der Waals surface area contributed by atoms with Crippen molar-refractivity contribution in [3.63, 3.8) is 0 Å². The zero-order chi connectivity index (χ0) is 23.5. The molecular weight excluding hydrogens is 462 g/mol. The van der Waals surface area contributed by atoms with Crippen LogP contribution in [0.5, 0.6) is 0 Å². The second kappa shape index (κ2) is 9.82. The van der Waals surface area contributed by atoms with Crippen LogP contribution in [0.1, 0.15) is 43.0 Å². The smallest absolute Gasteiger partial charge is 0.303 e. The van der Waals surface area contributed by atoms with E-state index in [-0.39, 0.29) is 12.3 Å². The molecule has 2 aliphatic rings. The van der Waals surface area contributed by atoms with E-state index in [9.17, 15) is 19.5 Å². The van der Waals surface area contributed by atoms with Gasteiger partial charge in [-0.15, -0.1) is 0 Å². The molecular formula is C23H21N3O5S2. The summed E-state index contributed by atoms with van der Waals surface area (Å²) in [5.74, 6) is -1.45. The molecule has 3 heterocycles. The van der Waals surface area contributed by atoms with Crippen LogP contribution in [0, 0.1) is 0 Å². The first kappa shape index (κ1) is 23.1. The van der Waals surface area contributed by atoms with E-state index >= 15 is 0 Å². The van der Waals surface area contributed by atoms with E-state index < -0.39 is 18.0 Å². The molecule has 2 aromatic rings.